The molecule has 24 heavy (non-hydrogen) atoms. The van der Waals surface area contributed by atoms with Crippen LogP contribution in [0.2, 0.25) is 0 Å². The minimum absolute atomic E-state index is 0.0438. The SMILES string of the molecule is C=C1C(=O)[C@]23[C@H](O)C[C@H]4C(C)(C)C(=O)CC[C@]4(C)[C@H]2CC[C@@H]1[C@H]3O. The Morgan fingerprint density at radius 2 is 1.75 bits per heavy atom. The van der Waals surface area contributed by atoms with Gasteiger partial charge in [-0.1, -0.05) is 27.4 Å². The standard InChI is InChI=1S/C20H28O4/c1-10-11-5-6-12-19(4)8-7-14(21)18(2,3)13(19)9-15(22)20(12,16(10)23)17(11)24/h11-13,15,17,22,24H,1,5-9H2,2-4H3/t11-,12+,13-,15+,17+,19+,20+/m0/s1. The van der Waals surface area contributed by atoms with Crippen LogP contribution in [0.4, 0.5) is 0 Å². The Labute approximate surface area is 143 Å². The predicted molar refractivity (Wildman–Crippen MR) is 89.0 cm³/mol. The number of carbonyl (C=O) groups excluding carboxylic acids is 2. The van der Waals surface area contributed by atoms with Gasteiger partial charge in [0.05, 0.1) is 17.6 Å². The molecule has 7 atom stereocenters. The summed E-state index contributed by atoms with van der Waals surface area (Å²) in [5, 5.41) is 22.1. The Hall–Kier alpha value is -1.00. The zero-order valence-corrected chi connectivity index (χ0v) is 14.8. The lowest BCUT2D eigenvalue weighted by atomic mass is 9.39. The van der Waals surface area contributed by atoms with Crippen LogP contribution in [0.3, 0.4) is 0 Å². The second-order valence-electron chi connectivity index (χ2n) is 9.42. The highest BCUT2D eigenvalue weighted by Crippen LogP contribution is 2.70. The van der Waals surface area contributed by atoms with Gasteiger partial charge in [-0.3, -0.25) is 9.59 Å². The molecule has 0 saturated heterocycles. The van der Waals surface area contributed by atoms with E-state index in [1.807, 2.05) is 13.8 Å². The Morgan fingerprint density at radius 1 is 1.08 bits per heavy atom. The van der Waals surface area contributed by atoms with Crippen LogP contribution in [0.25, 0.3) is 0 Å². The van der Waals surface area contributed by atoms with Crippen LogP contribution < -0.4 is 0 Å². The molecule has 4 nitrogen and oxygen atoms in total. The Balaban J connectivity index is 1.88. The zero-order valence-electron chi connectivity index (χ0n) is 14.8. The molecular formula is C20H28O4. The molecule has 4 aliphatic carbocycles. The van der Waals surface area contributed by atoms with E-state index >= 15 is 0 Å². The number of carbonyl (C=O) groups is 2. The molecule has 0 aromatic carbocycles. The lowest BCUT2D eigenvalue weighted by molar-refractivity contribution is -0.222. The minimum Gasteiger partial charge on any atom is -0.392 e. The van der Waals surface area contributed by atoms with Crippen LogP contribution >= 0.6 is 0 Å². The van der Waals surface area contributed by atoms with Crippen molar-refractivity contribution in [2.45, 2.75) is 65.1 Å². The van der Waals surface area contributed by atoms with Crippen molar-refractivity contribution in [2.75, 3.05) is 0 Å². The molecule has 0 aromatic heterocycles. The molecule has 4 heteroatoms. The van der Waals surface area contributed by atoms with Crippen molar-refractivity contribution in [1.29, 1.82) is 0 Å². The number of hydrogen-bond acceptors (Lipinski definition) is 4. The lowest BCUT2D eigenvalue weighted by Gasteiger charge is -2.64. The van der Waals surface area contributed by atoms with Crippen molar-refractivity contribution in [2.24, 2.45) is 34.0 Å². The monoisotopic (exact) mass is 332 g/mol. The highest BCUT2D eigenvalue weighted by atomic mass is 16.3. The first kappa shape index (κ1) is 16.5. The molecule has 0 radical (unpaired) electrons. The van der Waals surface area contributed by atoms with Gasteiger partial charge in [0.15, 0.2) is 5.78 Å². The van der Waals surface area contributed by atoms with E-state index < -0.39 is 23.0 Å². The molecule has 4 saturated carbocycles. The lowest BCUT2D eigenvalue weighted by Crippen LogP contribution is -2.67. The summed E-state index contributed by atoms with van der Waals surface area (Å²) in [5.41, 5.74) is -1.29. The van der Waals surface area contributed by atoms with Gasteiger partial charge in [0.1, 0.15) is 5.78 Å². The Morgan fingerprint density at radius 3 is 2.42 bits per heavy atom. The maximum absolute atomic E-state index is 13.1. The summed E-state index contributed by atoms with van der Waals surface area (Å²) in [6.45, 7) is 10.1. The molecule has 4 aliphatic rings. The van der Waals surface area contributed by atoms with Crippen molar-refractivity contribution in [3.8, 4) is 0 Å². The van der Waals surface area contributed by atoms with Gasteiger partial charge in [0.2, 0.25) is 0 Å². The van der Waals surface area contributed by atoms with E-state index in [1.54, 1.807) is 0 Å². The molecule has 0 heterocycles. The Kier molecular flexibility index (Phi) is 3.15. The van der Waals surface area contributed by atoms with Crippen molar-refractivity contribution in [1.82, 2.24) is 0 Å². The second-order valence-corrected chi connectivity index (χ2v) is 9.42. The fourth-order valence-electron chi connectivity index (χ4n) is 7.14. The van der Waals surface area contributed by atoms with Crippen molar-refractivity contribution in [3.63, 3.8) is 0 Å². The summed E-state index contributed by atoms with van der Waals surface area (Å²) < 4.78 is 0. The molecule has 0 unspecified atom stereocenters. The topological polar surface area (TPSA) is 74.6 Å². The second kappa shape index (κ2) is 4.59. The van der Waals surface area contributed by atoms with E-state index in [0.717, 1.165) is 19.3 Å². The van der Waals surface area contributed by atoms with Crippen LogP contribution in [0.5, 0.6) is 0 Å². The average molecular weight is 332 g/mol. The highest BCUT2D eigenvalue weighted by Gasteiger charge is 2.74. The smallest absolute Gasteiger partial charge is 0.170 e. The maximum Gasteiger partial charge on any atom is 0.170 e. The molecular weight excluding hydrogens is 304 g/mol. The number of aliphatic hydroxyl groups excluding tert-OH is 2. The summed E-state index contributed by atoms with van der Waals surface area (Å²) in [4.78, 5) is 25.6. The number of aliphatic hydroxyl groups is 2. The molecule has 2 N–H and O–H groups in total. The van der Waals surface area contributed by atoms with Gasteiger partial charge in [0, 0.05) is 17.8 Å². The normalized spacial score (nSPS) is 52.9. The number of rotatable bonds is 0. The van der Waals surface area contributed by atoms with E-state index in [2.05, 4.69) is 13.5 Å². The first-order chi connectivity index (χ1) is 11.1. The molecule has 0 amide bonds. The molecule has 0 aliphatic heterocycles. The summed E-state index contributed by atoms with van der Waals surface area (Å²) in [7, 11) is 0. The van der Waals surface area contributed by atoms with Crippen molar-refractivity contribution in [3.05, 3.63) is 12.2 Å². The van der Waals surface area contributed by atoms with Crippen LogP contribution in [0, 0.1) is 34.0 Å². The van der Waals surface area contributed by atoms with E-state index in [0.29, 0.717) is 18.4 Å². The van der Waals surface area contributed by atoms with Crippen LogP contribution in [-0.4, -0.2) is 34.0 Å². The molecule has 4 rings (SSSR count). The van der Waals surface area contributed by atoms with Gasteiger partial charge in [-0.25, -0.2) is 0 Å². The van der Waals surface area contributed by atoms with E-state index in [-0.39, 0.29) is 34.7 Å². The summed E-state index contributed by atoms with van der Waals surface area (Å²) in [6.07, 6.45) is 1.53. The first-order valence-electron chi connectivity index (χ1n) is 9.22. The van der Waals surface area contributed by atoms with Crippen LogP contribution in [-0.2, 0) is 9.59 Å². The molecule has 1 spiro atoms. The third-order valence-electron chi connectivity index (χ3n) is 8.43. The number of ketones is 2. The third-order valence-corrected chi connectivity index (χ3v) is 8.43. The van der Waals surface area contributed by atoms with Gasteiger partial charge >= 0.3 is 0 Å². The largest absolute Gasteiger partial charge is 0.392 e. The fraction of sp³-hybridized carbons (Fsp3) is 0.800. The van der Waals surface area contributed by atoms with E-state index in [9.17, 15) is 19.8 Å². The summed E-state index contributed by atoms with van der Waals surface area (Å²) >= 11 is 0. The predicted octanol–water partition coefficient (Wildman–Crippen LogP) is 2.28. The summed E-state index contributed by atoms with van der Waals surface area (Å²) in [6, 6.07) is 0. The molecule has 132 valence electrons. The number of hydrogen-bond donors (Lipinski definition) is 2. The van der Waals surface area contributed by atoms with Crippen molar-refractivity contribution < 1.29 is 19.8 Å². The number of fused-ring (bicyclic) bond motifs is 3. The van der Waals surface area contributed by atoms with Gasteiger partial charge in [-0.05, 0) is 48.5 Å². The maximum atomic E-state index is 13.1. The minimum atomic E-state index is -1.10. The zero-order chi connectivity index (χ0) is 17.7. The van der Waals surface area contributed by atoms with Gasteiger partial charge in [-0.15, -0.1) is 0 Å². The van der Waals surface area contributed by atoms with E-state index in [4.69, 9.17) is 0 Å². The first-order valence-corrected chi connectivity index (χ1v) is 9.22. The van der Waals surface area contributed by atoms with Crippen molar-refractivity contribution >= 4 is 11.6 Å². The van der Waals surface area contributed by atoms with Gasteiger partial charge in [0.25, 0.3) is 0 Å². The van der Waals surface area contributed by atoms with Crippen LogP contribution in [0.15, 0.2) is 12.2 Å². The highest BCUT2D eigenvalue weighted by molar-refractivity contribution is 6.04. The van der Waals surface area contributed by atoms with Gasteiger partial charge < -0.3 is 10.2 Å². The van der Waals surface area contributed by atoms with Gasteiger partial charge in [-0.2, -0.15) is 0 Å². The summed E-state index contributed by atoms with van der Waals surface area (Å²) in [5.74, 6) is -0.109. The third kappa shape index (κ3) is 1.53. The Bertz CT molecular complexity index is 650. The molecule has 0 aromatic rings. The quantitative estimate of drug-likeness (QED) is 0.667. The fourth-order valence-corrected chi connectivity index (χ4v) is 7.14. The molecule has 4 fully saturated rings. The average Bonchev–Trinajstić information content (AvgIpc) is 2.64. The van der Waals surface area contributed by atoms with Crippen LogP contribution in [0.1, 0.15) is 52.9 Å². The van der Waals surface area contributed by atoms with E-state index in [1.165, 1.54) is 0 Å². The molecule has 2 bridgehead atoms. The number of Topliss-reactive ketones (excluding diaryl/α,β-unsaturated/α-hetero) is 2.